The summed E-state index contributed by atoms with van der Waals surface area (Å²) in [5.41, 5.74) is 0. The number of hydrogen-bond donors (Lipinski definition) is 1. The van der Waals surface area contributed by atoms with Crippen LogP contribution in [0.25, 0.3) is 0 Å². The minimum Gasteiger partial charge on any atom is -0.315 e. The van der Waals surface area contributed by atoms with Gasteiger partial charge >= 0.3 is 0 Å². The monoisotopic (exact) mass is 316 g/mol. The standard InChI is InChI=1S/C14H28N4O2S/c1-5-7-15-8-10-18-12-14(11-16-18)21(19,20)17(4)9-6-13(2)3/h11-13,15H,5-10H2,1-4H3. The summed E-state index contributed by atoms with van der Waals surface area (Å²) in [6.07, 6.45) is 4.97. The first-order valence-electron chi connectivity index (χ1n) is 7.57. The summed E-state index contributed by atoms with van der Waals surface area (Å²) < 4.78 is 27.9. The van der Waals surface area contributed by atoms with E-state index in [0.29, 0.717) is 19.0 Å². The van der Waals surface area contributed by atoms with E-state index in [1.54, 1.807) is 17.9 Å². The van der Waals surface area contributed by atoms with Crippen molar-refractivity contribution in [1.82, 2.24) is 19.4 Å². The molecular formula is C14H28N4O2S. The molecule has 0 aliphatic heterocycles. The van der Waals surface area contributed by atoms with Crippen LogP contribution >= 0.6 is 0 Å². The molecule has 1 aromatic rings. The van der Waals surface area contributed by atoms with Gasteiger partial charge in [0.2, 0.25) is 10.0 Å². The van der Waals surface area contributed by atoms with Gasteiger partial charge in [0.05, 0.1) is 12.7 Å². The van der Waals surface area contributed by atoms with Gasteiger partial charge in [0.25, 0.3) is 0 Å². The largest absolute Gasteiger partial charge is 0.315 e. The Morgan fingerprint density at radius 1 is 1.38 bits per heavy atom. The molecule has 0 radical (unpaired) electrons. The second kappa shape index (κ2) is 8.51. The van der Waals surface area contributed by atoms with Crippen LogP contribution in [0.5, 0.6) is 0 Å². The van der Waals surface area contributed by atoms with Gasteiger partial charge in [-0.15, -0.1) is 0 Å². The first-order valence-corrected chi connectivity index (χ1v) is 9.01. The molecule has 6 nitrogen and oxygen atoms in total. The van der Waals surface area contributed by atoms with Gasteiger partial charge in [0.15, 0.2) is 0 Å². The normalized spacial score (nSPS) is 12.5. The van der Waals surface area contributed by atoms with E-state index in [-0.39, 0.29) is 4.90 Å². The second-order valence-corrected chi connectivity index (χ2v) is 7.74. The van der Waals surface area contributed by atoms with Gasteiger partial charge in [-0.2, -0.15) is 5.10 Å². The van der Waals surface area contributed by atoms with E-state index in [2.05, 4.69) is 31.2 Å². The number of nitrogens with zero attached hydrogens (tertiary/aromatic N) is 3. The fourth-order valence-electron chi connectivity index (χ4n) is 1.84. The second-order valence-electron chi connectivity index (χ2n) is 5.70. The molecule has 0 saturated heterocycles. The quantitative estimate of drug-likeness (QED) is 0.665. The Labute approximate surface area is 128 Å². The lowest BCUT2D eigenvalue weighted by atomic mass is 10.1. The van der Waals surface area contributed by atoms with Crippen LogP contribution in [0.1, 0.15) is 33.6 Å². The van der Waals surface area contributed by atoms with Crippen LogP contribution in [-0.2, 0) is 16.6 Å². The van der Waals surface area contributed by atoms with E-state index in [0.717, 1.165) is 25.9 Å². The first-order chi connectivity index (χ1) is 9.87. The van der Waals surface area contributed by atoms with E-state index >= 15 is 0 Å². The fraction of sp³-hybridized carbons (Fsp3) is 0.786. The van der Waals surface area contributed by atoms with Crippen molar-refractivity contribution < 1.29 is 8.42 Å². The molecular weight excluding hydrogens is 288 g/mol. The summed E-state index contributed by atoms with van der Waals surface area (Å²) in [5, 5.41) is 7.39. The summed E-state index contributed by atoms with van der Waals surface area (Å²) in [4.78, 5) is 0.268. The van der Waals surface area contributed by atoms with Gasteiger partial charge in [-0.05, 0) is 25.3 Å². The van der Waals surface area contributed by atoms with Crippen molar-refractivity contribution >= 4 is 10.0 Å². The Kier molecular flexibility index (Phi) is 7.34. The first kappa shape index (κ1) is 18.1. The molecule has 0 spiro atoms. The molecule has 1 aromatic heterocycles. The van der Waals surface area contributed by atoms with Gasteiger partial charge in [-0.25, -0.2) is 12.7 Å². The zero-order valence-electron chi connectivity index (χ0n) is 13.5. The molecule has 122 valence electrons. The minimum atomic E-state index is -3.42. The van der Waals surface area contributed by atoms with Crippen LogP contribution in [-0.4, -0.2) is 49.2 Å². The Morgan fingerprint density at radius 3 is 2.71 bits per heavy atom. The highest BCUT2D eigenvalue weighted by Crippen LogP contribution is 2.14. The highest BCUT2D eigenvalue weighted by Gasteiger charge is 2.22. The van der Waals surface area contributed by atoms with Crippen LogP contribution < -0.4 is 5.32 Å². The Bertz CT molecular complexity index is 511. The predicted octanol–water partition coefficient (Wildman–Crippen LogP) is 1.55. The van der Waals surface area contributed by atoms with Gasteiger partial charge in [-0.1, -0.05) is 20.8 Å². The number of sulfonamides is 1. The third-order valence-electron chi connectivity index (χ3n) is 3.28. The van der Waals surface area contributed by atoms with Crippen molar-refractivity contribution in [2.24, 2.45) is 5.92 Å². The van der Waals surface area contributed by atoms with E-state index in [1.807, 2.05) is 0 Å². The van der Waals surface area contributed by atoms with Crippen molar-refractivity contribution in [3.05, 3.63) is 12.4 Å². The molecule has 0 amide bonds. The topological polar surface area (TPSA) is 67.2 Å². The average Bonchev–Trinajstić information content (AvgIpc) is 2.90. The van der Waals surface area contributed by atoms with E-state index in [1.165, 1.54) is 10.5 Å². The SMILES string of the molecule is CCCNCCn1cc(S(=O)(=O)N(C)CCC(C)C)cn1. The van der Waals surface area contributed by atoms with Crippen LogP contribution in [0.15, 0.2) is 17.3 Å². The molecule has 1 rings (SSSR count). The molecule has 0 aliphatic rings. The molecule has 1 N–H and O–H groups in total. The van der Waals surface area contributed by atoms with Crippen molar-refractivity contribution in [1.29, 1.82) is 0 Å². The molecule has 7 heteroatoms. The zero-order chi connectivity index (χ0) is 15.9. The lowest BCUT2D eigenvalue weighted by molar-refractivity contribution is 0.428. The van der Waals surface area contributed by atoms with Crippen LogP contribution in [0.3, 0.4) is 0 Å². The molecule has 0 saturated carbocycles. The van der Waals surface area contributed by atoms with Gasteiger partial charge < -0.3 is 5.32 Å². The maximum atomic E-state index is 12.4. The van der Waals surface area contributed by atoms with Crippen LogP contribution in [0.2, 0.25) is 0 Å². The van der Waals surface area contributed by atoms with Crippen molar-refractivity contribution in [3.63, 3.8) is 0 Å². The van der Waals surface area contributed by atoms with Gasteiger partial charge in [0.1, 0.15) is 4.90 Å². The molecule has 0 aromatic carbocycles. The van der Waals surface area contributed by atoms with E-state index < -0.39 is 10.0 Å². The molecule has 0 atom stereocenters. The van der Waals surface area contributed by atoms with Gasteiger partial charge in [-0.3, -0.25) is 4.68 Å². The summed E-state index contributed by atoms with van der Waals surface area (Å²) >= 11 is 0. The lowest BCUT2D eigenvalue weighted by Gasteiger charge is -2.16. The third-order valence-corrected chi connectivity index (χ3v) is 5.09. The predicted molar refractivity (Wildman–Crippen MR) is 84.7 cm³/mol. The highest BCUT2D eigenvalue weighted by atomic mass is 32.2. The Morgan fingerprint density at radius 2 is 2.10 bits per heavy atom. The van der Waals surface area contributed by atoms with Crippen LogP contribution in [0, 0.1) is 5.92 Å². The van der Waals surface area contributed by atoms with Crippen molar-refractivity contribution in [2.75, 3.05) is 26.7 Å². The van der Waals surface area contributed by atoms with E-state index in [9.17, 15) is 8.42 Å². The minimum absolute atomic E-state index is 0.268. The number of aromatic nitrogens is 2. The van der Waals surface area contributed by atoms with Gasteiger partial charge in [0, 0.05) is 26.3 Å². The zero-order valence-corrected chi connectivity index (χ0v) is 14.4. The summed E-state index contributed by atoms with van der Waals surface area (Å²) in [6.45, 7) is 9.24. The van der Waals surface area contributed by atoms with Crippen molar-refractivity contribution in [2.45, 2.75) is 45.1 Å². The number of rotatable bonds is 10. The average molecular weight is 316 g/mol. The molecule has 0 unspecified atom stereocenters. The molecule has 0 aliphatic carbocycles. The third kappa shape index (κ3) is 5.76. The molecule has 21 heavy (non-hydrogen) atoms. The van der Waals surface area contributed by atoms with Crippen molar-refractivity contribution in [3.8, 4) is 0 Å². The maximum absolute atomic E-state index is 12.4. The summed E-state index contributed by atoms with van der Waals surface area (Å²) in [6, 6.07) is 0. The maximum Gasteiger partial charge on any atom is 0.245 e. The number of nitrogens with one attached hydrogen (secondary N) is 1. The van der Waals surface area contributed by atoms with Crippen LogP contribution in [0.4, 0.5) is 0 Å². The highest BCUT2D eigenvalue weighted by molar-refractivity contribution is 7.89. The smallest absolute Gasteiger partial charge is 0.245 e. The lowest BCUT2D eigenvalue weighted by Crippen LogP contribution is -2.28. The summed E-state index contributed by atoms with van der Waals surface area (Å²) in [5.74, 6) is 0.481. The molecule has 0 bridgehead atoms. The van der Waals surface area contributed by atoms with E-state index in [4.69, 9.17) is 0 Å². The fourth-order valence-corrected chi connectivity index (χ4v) is 2.98. The molecule has 0 fully saturated rings. The molecule has 1 heterocycles. The number of hydrogen-bond acceptors (Lipinski definition) is 4. The Balaban J connectivity index is 2.61. The Hall–Kier alpha value is -0.920. The summed E-state index contributed by atoms with van der Waals surface area (Å²) in [7, 11) is -1.80.